The first-order valence-electron chi connectivity index (χ1n) is 10.4. The lowest BCUT2D eigenvalue weighted by atomic mass is 9.81. The lowest BCUT2D eigenvalue weighted by Gasteiger charge is -2.34. The highest BCUT2D eigenvalue weighted by atomic mass is 35.5. The van der Waals surface area contributed by atoms with E-state index in [0.717, 1.165) is 41.2 Å². The number of aromatic nitrogens is 2. The van der Waals surface area contributed by atoms with Gasteiger partial charge in [-0.15, -0.1) is 0 Å². The number of rotatable bonds is 2. The molecule has 0 saturated carbocycles. The Kier molecular flexibility index (Phi) is 4.44. The predicted octanol–water partition coefficient (Wildman–Crippen LogP) is 3.33. The third kappa shape index (κ3) is 2.98. The molecule has 1 fully saturated rings. The van der Waals surface area contributed by atoms with Crippen LogP contribution in [0.1, 0.15) is 11.1 Å². The van der Waals surface area contributed by atoms with E-state index >= 15 is 0 Å². The monoisotopic (exact) mass is 449 g/mol. The van der Waals surface area contributed by atoms with Crippen LogP contribution < -0.4 is 15.4 Å². The number of fused-ring (bicyclic) bond motifs is 4. The fraction of sp³-hybridized carbons (Fsp3) is 0.261. The molecule has 2 aromatic heterocycles. The van der Waals surface area contributed by atoms with Crippen molar-refractivity contribution in [3.8, 4) is 22.6 Å². The Labute approximate surface area is 189 Å². The minimum Gasteiger partial charge on any atom is -0.462 e. The number of anilines is 1. The maximum absolute atomic E-state index is 6.22. The molecular weight excluding hydrogens is 430 g/mol. The highest BCUT2D eigenvalue weighted by molar-refractivity contribution is 6.29. The molecule has 1 saturated heterocycles. The largest absolute Gasteiger partial charge is 0.462 e. The first-order chi connectivity index (χ1) is 15.6. The Bertz CT molecular complexity index is 1240. The lowest BCUT2D eigenvalue weighted by molar-refractivity contribution is 0.122. The molecule has 3 aromatic rings. The molecule has 0 amide bonds. The van der Waals surface area contributed by atoms with Crippen LogP contribution in [0.15, 0.2) is 53.8 Å². The molecule has 9 heteroatoms. The van der Waals surface area contributed by atoms with Crippen LogP contribution in [-0.2, 0) is 15.0 Å². The SMILES string of the molecule is NC1=N[C@@]2(CO1)c1cc(-c3cccnc3N3CCOCC3)ccc1Oc1cnc(Cl)cc12. The van der Waals surface area contributed by atoms with Crippen molar-refractivity contribution in [2.45, 2.75) is 5.54 Å². The minimum atomic E-state index is -0.850. The number of hydrogen-bond donors (Lipinski definition) is 1. The van der Waals surface area contributed by atoms with Crippen LogP contribution in [0, 0.1) is 0 Å². The molecule has 5 heterocycles. The molecule has 1 aromatic carbocycles. The quantitative estimate of drug-likeness (QED) is 0.599. The summed E-state index contributed by atoms with van der Waals surface area (Å²) in [6, 6.07) is 12.0. The van der Waals surface area contributed by atoms with Gasteiger partial charge in [0.25, 0.3) is 6.02 Å². The third-order valence-corrected chi connectivity index (χ3v) is 6.27. The van der Waals surface area contributed by atoms with Gasteiger partial charge in [0, 0.05) is 36.0 Å². The fourth-order valence-electron chi connectivity index (χ4n) is 4.55. The number of nitrogens with zero attached hydrogens (tertiary/aromatic N) is 4. The zero-order valence-electron chi connectivity index (χ0n) is 17.1. The summed E-state index contributed by atoms with van der Waals surface area (Å²) in [5.41, 5.74) is 8.80. The number of morpholine rings is 1. The second-order valence-electron chi connectivity index (χ2n) is 7.89. The van der Waals surface area contributed by atoms with Gasteiger partial charge < -0.3 is 24.8 Å². The van der Waals surface area contributed by atoms with Gasteiger partial charge in [0.1, 0.15) is 23.3 Å². The van der Waals surface area contributed by atoms with Crippen molar-refractivity contribution in [3.05, 3.63) is 65.1 Å². The maximum atomic E-state index is 6.22. The Morgan fingerprint density at radius 1 is 1.03 bits per heavy atom. The number of nitrogens with two attached hydrogens (primary N) is 1. The van der Waals surface area contributed by atoms with Crippen LogP contribution in [0.2, 0.25) is 5.15 Å². The zero-order valence-corrected chi connectivity index (χ0v) is 17.9. The zero-order chi connectivity index (χ0) is 21.7. The topological polar surface area (TPSA) is 95.1 Å². The molecule has 3 aliphatic rings. The van der Waals surface area contributed by atoms with Crippen molar-refractivity contribution in [2.75, 3.05) is 37.8 Å². The smallest absolute Gasteiger partial charge is 0.283 e. The van der Waals surface area contributed by atoms with E-state index in [-0.39, 0.29) is 12.6 Å². The summed E-state index contributed by atoms with van der Waals surface area (Å²) in [4.78, 5) is 15.8. The predicted molar refractivity (Wildman–Crippen MR) is 120 cm³/mol. The summed E-state index contributed by atoms with van der Waals surface area (Å²) < 4.78 is 17.3. The van der Waals surface area contributed by atoms with Crippen LogP contribution in [0.5, 0.6) is 11.5 Å². The molecule has 2 N–H and O–H groups in total. The van der Waals surface area contributed by atoms with Crippen LogP contribution in [0.3, 0.4) is 0 Å². The van der Waals surface area contributed by atoms with Crippen LogP contribution >= 0.6 is 11.6 Å². The second-order valence-corrected chi connectivity index (χ2v) is 8.28. The highest BCUT2D eigenvalue weighted by Gasteiger charge is 2.47. The molecule has 0 radical (unpaired) electrons. The van der Waals surface area contributed by atoms with Crippen LogP contribution in [0.4, 0.5) is 5.82 Å². The molecule has 0 aliphatic carbocycles. The van der Waals surface area contributed by atoms with Gasteiger partial charge in [-0.2, -0.15) is 0 Å². The van der Waals surface area contributed by atoms with E-state index in [1.807, 2.05) is 24.4 Å². The van der Waals surface area contributed by atoms with Crippen LogP contribution in [-0.4, -0.2) is 48.9 Å². The molecule has 0 unspecified atom stereocenters. The maximum Gasteiger partial charge on any atom is 0.283 e. The Morgan fingerprint density at radius 2 is 1.88 bits per heavy atom. The number of benzene rings is 1. The lowest BCUT2D eigenvalue weighted by Crippen LogP contribution is -2.37. The van der Waals surface area contributed by atoms with Gasteiger partial charge in [-0.3, -0.25) is 0 Å². The molecule has 8 nitrogen and oxygen atoms in total. The van der Waals surface area contributed by atoms with Gasteiger partial charge >= 0.3 is 0 Å². The Balaban J connectivity index is 1.51. The number of amidine groups is 1. The standard InChI is InChI=1S/C23H20ClN5O3/c24-20-11-17-19(12-27-20)32-18-4-3-14(10-16(18)23(17)13-31-22(25)28-23)15-2-1-5-26-21(15)29-6-8-30-9-7-29/h1-5,10-12H,6-9,13H2,(H2,25,28)/t23-/m0/s1. The van der Waals surface area contributed by atoms with Gasteiger partial charge in [-0.25, -0.2) is 15.0 Å². The van der Waals surface area contributed by atoms with Gasteiger partial charge in [0.2, 0.25) is 0 Å². The van der Waals surface area contributed by atoms with Gasteiger partial charge in [-0.05, 0) is 35.9 Å². The molecule has 32 heavy (non-hydrogen) atoms. The minimum absolute atomic E-state index is 0.137. The van der Waals surface area contributed by atoms with Crippen molar-refractivity contribution >= 4 is 23.4 Å². The Hall–Kier alpha value is -3.36. The van der Waals surface area contributed by atoms with E-state index in [1.165, 1.54) is 0 Å². The average Bonchev–Trinajstić information content (AvgIpc) is 3.22. The molecule has 3 aliphatic heterocycles. The van der Waals surface area contributed by atoms with Gasteiger partial charge in [0.15, 0.2) is 11.3 Å². The number of ether oxygens (including phenoxy) is 3. The number of pyridine rings is 2. The molecule has 1 atom stereocenters. The molecule has 0 bridgehead atoms. The fourth-order valence-corrected chi connectivity index (χ4v) is 4.71. The summed E-state index contributed by atoms with van der Waals surface area (Å²) in [6.45, 7) is 3.24. The molecule has 1 spiro atoms. The molecule has 162 valence electrons. The first kappa shape index (κ1) is 19.3. The summed E-state index contributed by atoms with van der Waals surface area (Å²) in [6.07, 6.45) is 3.43. The van der Waals surface area contributed by atoms with Gasteiger partial charge in [-0.1, -0.05) is 17.7 Å². The van der Waals surface area contributed by atoms with E-state index in [4.69, 9.17) is 36.5 Å². The summed E-state index contributed by atoms with van der Waals surface area (Å²) in [7, 11) is 0. The summed E-state index contributed by atoms with van der Waals surface area (Å²) in [5, 5.41) is 0.355. The van der Waals surface area contributed by atoms with Crippen molar-refractivity contribution in [3.63, 3.8) is 0 Å². The molecule has 6 rings (SSSR count). The van der Waals surface area contributed by atoms with E-state index in [2.05, 4.69) is 27.0 Å². The van der Waals surface area contributed by atoms with E-state index in [1.54, 1.807) is 12.3 Å². The Morgan fingerprint density at radius 3 is 2.69 bits per heavy atom. The van der Waals surface area contributed by atoms with E-state index < -0.39 is 5.54 Å². The van der Waals surface area contributed by atoms with Crippen molar-refractivity contribution in [1.29, 1.82) is 0 Å². The summed E-state index contributed by atoms with van der Waals surface area (Å²) in [5.74, 6) is 2.20. The first-order valence-corrected chi connectivity index (χ1v) is 10.8. The van der Waals surface area contributed by atoms with Crippen molar-refractivity contribution in [2.24, 2.45) is 10.7 Å². The number of halogens is 1. The average molecular weight is 450 g/mol. The van der Waals surface area contributed by atoms with E-state index in [9.17, 15) is 0 Å². The summed E-state index contributed by atoms with van der Waals surface area (Å²) >= 11 is 6.22. The third-order valence-electron chi connectivity index (χ3n) is 6.06. The van der Waals surface area contributed by atoms with Gasteiger partial charge in [0.05, 0.1) is 19.4 Å². The molecular formula is C23H20ClN5O3. The van der Waals surface area contributed by atoms with Crippen molar-refractivity contribution in [1.82, 2.24) is 9.97 Å². The highest BCUT2D eigenvalue weighted by Crippen LogP contribution is 2.52. The number of hydrogen-bond acceptors (Lipinski definition) is 8. The number of aliphatic imine (C=N–C) groups is 1. The normalized spacial score (nSPS) is 21.4. The second kappa shape index (κ2) is 7.36. The van der Waals surface area contributed by atoms with Crippen molar-refractivity contribution < 1.29 is 14.2 Å². The van der Waals surface area contributed by atoms with E-state index in [0.29, 0.717) is 29.9 Å². The van der Waals surface area contributed by atoms with Crippen LogP contribution in [0.25, 0.3) is 11.1 Å².